The number of fused-ring (bicyclic) bond motifs is 1. The van der Waals surface area contributed by atoms with Gasteiger partial charge in [-0.3, -0.25) is 14.9 Å². The van der Waals surface area contributed by atoms with Gasteiger partial charge in [0, 0.05) is 0 Å². The largest absolute Gasteiger partial charge is 0.490 e. The number of benzene rings is 4. The van der Waals surface area contributed by atoms with Crippen LogP contribution in [0.4, 0.5) is 10.1 Å². The number of nitrogens with one attached hydrogen (secondary N) is 1. The molecule has 0 bridgehead atoms. The summed E-state index contributed by atoms with van der Waals surface area (Å²) in [5, 5.41) is 4.56. The maximum absolute atomic E-state index is 14.4. The molecule has 0 spiro atoms. The molecular formula is C30H23FN2O4S. The van der Waals surface area contributed by atoms with Crippen LogP contribution >= 0.6 is 12.2 Å². The van der Waals surface area contributed by atoms with Crippen LogP contribution in [0.15, 0.2) is 90.5 Å². The first-order valence-corrected chi connectivity index (χ1v) is 12.4. The second-order valence-electron chi connectivity index (χ2n) is 8.52. The summed E-state index contributed by atoms with van der Waals surface area (Å²) < 4.78 is 26.2. The number of carbonyl (C=O) groups excluding carboxylic acids is 2. The van der Waals surface area contributed by atoms with Crippen molar-refractivity contribution in [1.29, 1.82) is 0 Å². The van der Waals surface area contributed by atoms with E-state index in [4.69, 9.17) is 21.7 Å². The SMILES string of the molecule is CCOc1cc(/C=C2\C(=O)NC(=S)N(c3ccccc3F)C2=O)ccc1OCc1ccc2ccccc2c1. The van der Waals surface area contributed by atoms with E-state index in [-0.39, 0.29) is 16.4 Å². The van der Waals surface area contributed by atoms with E-state index in [1.165, 1.54) is 24.3 Å². The van der Waals surface area contributed by atoms with Crippen molar-refractivity contribution in [3.63, 3.8) is 0 Å². The third-order valence-corrected chi connectivity index (χ3v) is 6.27. The monoisotopic (exact) mass is 526 g/mol. The normalized spacial score (nSPS) is 14.6. The van der Waals surface area contributed by atoms with Gasteiger partial charge >= 0.3 is 0 Å². The van der Waals surface area contributed by atoms with E-state index in [2.05, 4.69) is 29.6 Å². The second kappa shape index (κ2) is 10.8. The third-order valence-electron chi connectivity index (χ3n) is 5.98. The summed E-state index contributed by atoms with van der Waals surface area (Å²) in [6.07, 6.45) is 1.42. The van der Waals surface area contributed by atoms with Crippen LogP contribution in [-0.2, 0) is 16.2 Å². The van der Waals surface area contributed by atoms with Gasteiger partial charge in [-0.05, 0) is 77.4 Å². The fraction of sp³-hybridized carbons (Fsp3) is 0.100. The minimum absolute atomic E-state index is 0.0409. The second-order valence-corrected chi connectivity index (χ2v) is 8.91. The summed E-state index contributed by atoms with van der Waals surface area (Å²) in [6.45, 7) is 2.58. The molecule has 0 atom stereocenters. The lowest BCUT2D eigenvalue weighted by Crippen LogP contribution is -2.54. The fourth-order valence-electron chi connectivity index (χ4n) is 4.17. The quantitative estimate of drug-likeness (QED) is 0.188. The Hall–Kier alpha value is -4.56. The van der Waals surface area contributed by atoms with E-state index in [9.17, 15) is 14.0 Å². The summed E-state index contributed by atoms with van der Waals surface area (Å²) in [5.74, 6) is -1.03. The summed E-state index contributed by atoms with van der Waals surface area (Å²) in [4.78, 5) is 26.8. The molecule has 38 heavy (non-hydrogen) atoms. The highest BCUT2D eigenvalue weighted by Crippen LogP contribution is 2.31. The van der Waals surface area contributed by atoms with Gasteiger partial charge in [0.15, 0.2) is 16.6 Å². The molecule has 4 aromatic carbocycles. The number of anilines is 1. The molecule has 0 unspecified atom stereocenters. The molecule has 6 nitrogen and oxygen atoms in total. The highest BCUT2D eigenvalue weighted by molar-refractivity contribution is 7.80. The molecule has 5 rings (SSSR count). The Morgan fingerprint density at radius 1 is 0.895 bits per heavy atom. The Kier molecular flexibility index (Phi) is 7.15. The number of halogens is 1. The molecule has 190 valence electrons. The van der Waals surface area contributed by atoms with Crippen LogP contribution in [0.2, 0.25) is 0 Å². The molecule has 1 aliphatic heterocycles. The predicted octanol–water partition coefficient (Wildman–Crippen LogP) is 5.79. The summed E-state index contributed by atoms with van der Waals surface area (Å²) in [5.41, 5.74) is 1.31. The zero-order chi connectivity index (χ0) is 26.6. The topological polar surface area (TPSA) is 67.9 Å². The van der Waals surface area contributed by atoms with Crippen LogP contribution in [0, 0.1) is 5.82 Å². The lowest BCUT2D eigenvalue weighted by Gasteiger charge is -2.29. The summed E-state index contributed by atoms with van der Waals surface area (Å²) in [6, 6.07) is 25.1. The molecule has 1 saturated heterocycles. The maximum atomic E-state index is 14.4. The fourth-order valence-corrected chi connectivity index (χ4v) is 4.44. The van der Waals surface area contributed by atoms with Crippen molar-refractivity contribution >= 4 is 51.7 Å². The number of ether oxygens (including phenoxy) is 2. The van der Waals surface area contributed by atoms with Crippen LogP contribution < -0.4 is 19.7 Å². The zero-order valence-corrected chi connectivity index (χ0v) is 21.3. The predicted molar refractivity (Wildman–Crippen MR) is 148 cm³/mol. The molecule has 0 saturated carbocycles. The standard InChI is InChI=1S/C30H23FN2O4S/c1-2-36-27-17-19(12-14-26(27)37-18-20-11-13-21-7-3-4-8-22(21)15-20)16-23-28(34)32-30(38)33(29(23)35)25-10-6-5-9-24(25)31/h3-17H,2,18H2,1H3,(H,32,34,38)/b23-16+. The molecule has 1 heterocycles. The number of para-hydroxylation sites is 1. The van der Waals surface area contributed by atoms with E-state index >= 15 is 0 Å². The Morgan fingerprint density at radius 3 is 2.45 bits per heavy atom. The Bertz CT molecular complexity index is 1600. The minimum atomic E-state index is -0.724. The molecule has 0 aliphatic carbocycles. The lowest BCUT2D eigenvalue weighted by molar-refractivity contribution is -0.122. The van der Waals surface area contributed by atoms with Crippen molar-refractivity contribution in [2.45, 2.75) is 13.5 Å². The Labute approximate surface area is 224 Å². The van der Waals surface area contributed by atoms with Gasteiger partial charge in [0.05, 0.1) is 12.3 Å². The van der Waals surface area contributed by atoms with E-state index in [0.29, 0.717) is 30.3 Å². The zero-order valence-electron chi connectivity index (χ0n) is 20.4. The van der Waals surface area contributed by atoms with Gasteiger partial charge in [-0.15, -0.1) is 0 Å². The van der Waals surface area contributed by atoms with Gasteiger partial charge in [0.25, 0.3) is 11.8 Å². The lowest BCUT2D eigenvalue weighted by atomic mass is 10.1. The number of nitrogens with zero attached hydrogens (tertiary/aromatic N) is 1. The van der Waals surface area contributed by atoms with Crippen LogP contribution in [0.1, 0.15) is 18.1 Å². The van der Waals surface area contributed by atoms with Crippen LogP contribution in [0.5, 0.6) is 11.5 Å². The number of amides is 2. The average Bonchev–Trinajstić information content (AvgIpc) is 2.91. The van der Waals surface area contributed by atoms with E-state index in [1.54, 1.807) is 24.3 Å². The van der Waals surface area contributed by atoms with Crippen LogP contribution in [-0.4, -0.2) is 23.5 Å². The van der Waals surface area contributed by atoms with Crippen molar-refractivity contribution in [3.05, 3.63) is 107 Å². The van der Waals surface area contributed by atoms with E-state index in [0.717, 1.165) is 21.2 Å². The van der Waals surface area contributed by atoms with Crippen molar-refractivity contribution in [1.82, 2.24) is 5.32 Å². The van der Waals surface area contributed by atoms with Crippen LogP contribution in [0.25, 0.3) is 16.8 Å². The molecule has 4 aromatic rings. The highest BCUT2D eigenvalue weighted by atomic mass is 32.1. The summed E-state index contributed by atoms with van der Waals surface area (Å²) in [7, 11) is 0. The van der Waals surface area contributed by atoms with Crippen molar-refractivity contribution in [3.8, 4) is 11.5 Å². The first-order valence-electron chi connectivity index (χ1n) is 12.0. The molecule has 8 heteroatoms. The molecule has 1 fully saturated rings. The molecule has 2 amide bonds. The third kappa shape index (κ3) is 5.12. The number of thiocarbonyl (C=S) groups is 1. The van der Waals surface area contributed by atoms with Gasteiger partial charge in [-0.25, -0.2) is 9.29 Å². The van der Waals surface area contributed by atoms with Gasteiger partial charge < -0.3 is 9.47 Å². The number of hydrogen-bond donors (Lipinski definition) is 1. The van der Waals surface area contributed by atoms with Crippen molar-refractivity contribution in [2.24, 2.45) is 0 Å². The van der Waals surface area contributed by atoms with Gasteiger partial charge in [0.1, 0.15) is 18.0 Å². The Balaban J connectivity index is 1.41. The first kappa shape index (κ1) is 25.1. The van der Waals surface area contributed by atoms with E-state index < -0.39 is 17.6 Å². The maximum Gasteiger partial charge on any atom is 0.270 e. The molecule has 0 radical (unpaired) electrons. The highest BCUT2D eigenvalue weighted by Gasteiger charge is 2.35. The number of carbonyl (C=O) groups is 2. The van der Waals surface area contributed by atoms with Crippen molar-refractivity contribution in [2.75, 3.05) is 11.5 Å². The van der Waals surface area contributed by atoms with Gasteiger partial charge in [-0.1, -0.05) is 54.6 Å². The van der Waals surface area contributed by atoms with Gasteiger partial charge in [-0.2, -0.15) is 0 Å². The number of rotatable bonds is 7. The van der Waals surface area contributed by atoms with Crippen LogP contribution in [0.3, 0.4) is 0 Å². The minimum Gasteiger partial charge on any atom is -0.490 e. The first-order chi connectivity index (χ1) is 18.4. The Morgan fingerprint density at radius 2 is 1.66 bits per heavy atom. The average molecular weight is 527 g/mol. The summed E-state index contributed by atoms with van der Waals surface area (Å²) >= 11 is 5.15. The molecule has 0 aromatic heterocycles. The smallest absolute Gasteiger partial charge is 0.270 e. The molecule has 1 aliphatic rings. The van der Waals surface area contributed by atoms with E-state index in [1.807, 2.05) is 25.1 Å². The molecule has 1 N–H and O–H groups in total. The van der Waals surface area contributed by atoms with Crippen molar-refractivity contribution < 1.29 is 23.5 Å². The number of hydrogen-bond acceptors (Lipinski definition) is 5. The van der Waals surface area contributed by atoms with Gasteiger partial charge in [0.2, 0.25) is 0 Å². The molecular weight excluding hydrogens is 503 g/mol.